The molecule has 0 spiro atoms. The summed E-state index contributed by atoms with van der Waals surface area (Å²) in [6.45, 7) is 0.306. The summed E-state index contributed by atoms with van der Waals surface area (Å²) in [5, 5.41) is 0. The summed E-state index contributed by atoms with van der Waals surface area (Å²) in [4.78, 5) is 0.276. The van der Waals surface area contributed by atoms with Crippen molar-refractivity contribution in [3.8, 4) is 0 Å². The summed E-state index contributed by atoms with van der Waals surface area (Å²) < 4.78 is 25.9. The Labute approximate surface area is 103 Å². The van der Waals surface area contributed by atoms with Gasteiger partial charge in [-0.25, -0.2) is 8.42 Å². The topological polar surface area (TPSA) is 37.4 Å². The van der Waals surface area contributed by atoms with E-state index in [4.69, 9.17) is 11.6 Å². The molecule has 3 nitrogen and oxygen atoms in total. The van der Waals surface area contributed by atoms with Gasteiger partial charge in [-0.3, -0.25) is 0 Å². The first-order valence-electron chi connectivity index (χ1n) is 4.26. The molecule has 0 bridgehead atoms. The number of hydrogen-bond donors (Lipinski definition) is 0. The minimum atomic E-state index is -3.39. The van der Waals surface area contributed by atoms with Crippen LogP contribution >= 0.6 is 27.5 Å². The fourth-order valence-corrected chi connectivity index (χ4v) is 2.82. The molecule has 0 saturated carbocycles. The van der Waals surface area contributed by atoms with Crippen molar-refractivity contribution in [3.05, 3.63) is 28.7 Å². The van der Waals surface area contributed by atoms with E-state index < -0.39 is 10.0 Å². The molecule has 0 radical (unpaired) electrons. The predicted molar refractivity (Wildman–Crippen MR) is 64.7 cm³/mol. The van der Waals surface area contributed by atoms with E-state index in [1.165, 1.54) is 11.4 Å². The number of halogens is 2. The lowest BCUT2D eigenvalue weighted by molar-refractivity contribution is 0.488. The van der Waals surface area contributed by atoms with Gasteiger partial charge in [0.05, 0.1) is 4.90 Å². The van der Waals surface area contributed by atoms with Gasteiger partial charge in [-0.2, -0.15) is 4.31 Å². The normalized spacial score (nSPS) is 12.0. The lowest BCUT2D eigenvalue weighted by atomic mass is 10.4. The number of alkyl halides is 1. The molecule has 0 atom stereocenters. The summed E-state index contributed by atoms with van der Waals surface area (Å²) in [6.07, 6.45) is 0. The van der Waals surface area contributed by atoms with E-state index in [2.05, 4.69) is 15.9 Å². The molecule has 0 aliphatic rings. The van der Waals surface area contributed by atoms with Crippen molar-refractivity contribution in [1.82, 2.24) is 4.31 Å². The van der Waals surface area contributed by atoms with Crippen LogP contribution in [0.4, 0.5) is 0 Å². The average Bonchev–Trinajstić information content (AvgIpc) is 2.18. The van der Waals surface area contributed by atoms with Gasteiger partial charge in [0, 0.05) is 23.9 Å². The van der Waals surface area contributed by atoms with Crippen LogP contribution < -0.4 is 0 Å². The molecule has 0 aliphatic carbocycles. The van der Waals surface area contributed by atoms with E-state index in [0.29, 0.717) is 6.54 Å². The summed E-state index contributed by atoms with van der Waals surface area (Å²) in [6, 6.07) is 6.51. The van der Waals surface area contributed by atoms with Crippen LogP contribution in [0.15, 0.2) is 33.6 Å². The third-order valence-corrected chi connectivity index (χ3v) is 4.49. The molecular weight excluding hydrogens is 302 g/mol. The zero-order chi connectivity index (χ0) is 11.5. The van der Waals surface area contributed by atoms with Gasteiger partial charge in [0.1, 0.15) is 0 Å². The number of rotatable bonds is 4. The lowest BCUT2D eigenvalue weighted by Gasteiger charge is -2.15. The van der Waals surface area contributed by atoms with Gasteiger partial charge in [0.15, 0.2) is 0 Å². The fourth-order valence-electron chi connectivity index (χ4n) is 1.03. The second-order valence-corrected chi connectivity index (χ2v) is 6.31. The van der Waals surface area contributed by atoms with Crippen LogP contribution in [-0.4, -0.2) is 32.2 Å². The molecule has 0 aromatic heterocycles. The van der Waals surface area contributed by atoms with Gasteiger partial charge in [-0.15, -0.1) is 11.6 Å². The van der Waals surface area contributed by atoms with Crippen molar-refractivity contribution in [2.24, 2.45) is 0 Å². The average molecular weight is 313 g/mol. The van der Waals surface area contributed by atoms with Crippen LogP contribution in [0.2, 0.25) is 0 Å². The number of benzene rings is 1. The molecule has 1 aromatic carbocycles. The second kappa shape index (κ2) is 5.30. The molecule has 0 N–H and O–H groups in total. The standard InChI is InChI=1S/C9H11BrClNO2S/c1-12(7-6-11)15(13,14)9-4-2-8(10)3-5-9/h2-5H,6-7H2,1H3. The number of hydrogen-bond acceptors (Lipinski definition) is 2. The first-order chi connectivity index (χ1) is 6.98. The Morgan fingerprint density at radius 1 is 1.33 bits per heavy atom. The molecule has 0 saturated heterocycles. The molecule has 15 heavy (non-hydrogen) atoms. The SMILES string of the molecule is CN(CCCl)S(=O)(=O)c1ccc(Br)cc1. The zero-order valence-electron chi connectivity index (χ0n) is 8.15. The van der Waals surface area contributed by atoms with Gasteiger partial charge < -0.3 is 0 Å². The molecule has 0 fully saturated rings. The smallest absolute Gasteiger partial charge is 0.207 e. The Bertz CT molecular complexity index is 418. The molecule has 0 heterocycles. The minimum Gasteiger partial charge on any atom is -0.207 e. The largest absolute Gasteiger partial charge is 0.242 e. The Kier molecular flexibility index (Phi) is 4.58. The van der Waals surface area contributed by atoms with Gasteiger partial charge in [-0.1, -0.05) is 15.9 Å². The van der Waals surface area contributed by atoms with Crippen molar-refractivity contribution in [1.29, 1.82) is 0 Å². The molecule has 1 rings (SSSR count). The highest BCUT2D eigenvalue weighted by molar-refractivity contribution is 9.10. The first-order valence-corrected chi connectivity index (χ1v) is 7.03. The van der Waals surface area contributed by atoms with Crippen molar-refractivity contribution in [2.45, 2.75) is 4.90 Å². The van der Waals surface area contributed by atoms with Crippen molar-refractivity contribution < 1.29 is 8.42 Å². The quantitative estimate of drug-likeness (QED) is 0.800. The summed E-state index contributed by atoms with van der Waals surface area (Å²) in [7, 11) is -1.88. The van der Waals surface area contributed by atoms with Gasteiger partial charge >= 0.3 is 0 Å². The molecule has 0 amide bonds. The highest BCUT2D eigenvalue weighted by Crippen LogP contribution is 2.17. The third-order valence-electron chi connectivity index (χ3n) is 1.92. The van der Waals surface area contributed by atoms with E-state index >= 15 is 0 Å². The van der Waals surface area contributed by atoms with E-state index in [9.17, 15) is 8.42 Å². The van der Waals surface area contributed by atoms with Crippen LogP contribution in [0.3, 0.4) is 0 Å². The Balaban J connectivity index is 3.01. The monoisotopic (exact) mass is 311 g/mol. The molecule has 84 valence electrons. The van der Waals surface area contributed by atoms with Gasteiger partial charge in [-0.05, 0) is 24.3 Å². The summed E-state index contributed by atoms with van der Waals surface area (Å²) in [5.74, 6) is 0.284. The van der Waals surface area contributed by atoms with Gasteiger partial charge in [0.25, 0.3) is 0 Å². The minimum absolute atomic E-state index is 0.276. The van der Waals surface area contributed by atoms with Crippen LogP contribution in [0.25, 0.3) is 0 Å². The second-order valence-electron chi connectivity index (χ2n) is 2.97. The fraction of sp³-hybridized carbons (Fsp3) is 0.333. The van der Waals surface area contributed by atoms with Crippen molar-refractivity contribution >= 4 is 37.6 Å². The molecule has 0 aliphatic heterocycles. The van der Waals surface area contributed by atoms with Crippen LogP contribution in [-0.2, 0) is 10.0 Å². The van der Waals surface area contributed by atoms with Crippen LogP contribution in [0.5, 0.6) is 0 Å². The summed E-state index contributed by atoms with van der Waals surface area (Å²) >= 11 is 8.75. The van der Waals surface area contributed by atoms with E-state index in [0.717, 1.165) is 4.47 Å². The third kappa shape index (κ3) is 3.17. The highest BCUT2D eigenvalue weighted by atomic mass is 79.9. The highest BCUT2D eigenvalue weighted by Gasteiger charge is 2.19. The molecule has 1 aromatic rings. The molecule has 0 unspecified atom stereocenters. The van der Waals surface area contributed by atoms with Gasteiger partial charge in [0.2, 0.25) is 10.0 Å². The van der Waals surface area contributed by atoms with Crippen LogP contribution in [0, 0.1) is 0 Å². The number of nitrogens with zero attached hydrogens (tertiary/aromatic N) is 1. The molecular formula is C9H11BrClNO2S. The Morgan fingerprint density at radius 2 is 1.87 bits per heavy atom. The Hall–Kier alpha value is -0.100. The number of sulfonamides is 1. The summed E-state index contributed by atoms with van der Waals surface area (Å²) in [5.41, 5.74) is 0. The van der Waals surface area contributed by atoms with E-state index in [1.807, 2.05) is 0 Å². The maximum atomic E-state index is 11.9. The van der Waals surface area contributed by atoms with Crippen LogP contribution in [0.1, 0.15) is 0 Å². The maximum absolute atomic E-state index is 11.9. The molecule has 6 heteroatoms. The zero-order valence-corrected chi connectivity index (χ0v) is 11.3. The lowest BCUT2D eigenvalue weighted by Crippen LogP contribution is -2.28. The predicted octanol–water partition coefficient (Wildman–Crippen LogP) is 2.31. The first kappa shape index (κ1) is 13.0. The van der Waals surface area contributed by atoms with Crippen molar-refractivity contribution in [3.63, 3.8) is 0 Å². The van der Waals surface area contributed by atoms with E-state index in [-0.39, 0.29) is 10.8 Å². The van der Waals surface area contributed by atoms with E-state index in [1.54, 1.807) is 24.3 Å². The maximum Gasteiger partial charge on any atom is 0.242 e. The van der Waals surface area contributed by atoms with Crippen molar-refractivity contribution in [2.75, 3.05) is 19.5 Å². The Morgan fingerprint density at radius 3 is 2.33 bits per heavy atom.